The highest BCUT2D eigenvalue weighted by atomic mass is 19.1. The lowest BCUT2D eigenvalue weighted by Gasteiger charge is -2.23. The summed E-state index contributed by atoms with van der Waals surface area (Å²) < 4.78 is 21.2. The second-order valence-corrected chi connectivity index (χ2v) is 9.18. The lowest BCUT2D eigenvalue weighted by molar-refractivity contribution is 0.0578. The Bertz CT molecular complexity index is 1430. The van der Waals surface area contributed by atoms with E-state index in [2.05, 4.69) is 15.1 Å². The lowest BCUT2D eigenvalue weighted by atomic mass is 10.0. The number of carboxylic acid groups (broad SMARTS) is 1. The Hall–Kier alpha value is -4.05. The normalized spacial score (nSPS) is 14.4. The van der Waals surface area contributed by atoms with Gasteiger partial charge < -0.3 is 19.5 Å². The molecule has 9 nitrogen and oxygen atoms in total. The number of furan rings is 1. The van der Waals surface area contributed by atoms with Crippen LogP contribution in [0, 0.1) is 5.82 Å². The summed E-state index contributed by atoms with van der Waals surface area (Å²) >= 11 is 0. The number of aliphatic hydroxyl groups is 1. The number of amides is 1. The summed E-state index contributed by atoms with van der Waals surface area (Å²) in [5.41, 5.74) is 2.63. The summed E-state index contributed by atoms with van der Waals surface area (Å²) in [7, 11) is 0. The number of rotatable bonds is 5. The molecular weight excluding hydrogens is 453 g/mol. The molecule has 0 fully saturated rings. The number of nitrogens with zero attached hydrogens (tertiary/aromatic N) is 5. The van der Waals surface area contributed by atoms with Gasteiger partial charge in [0, 0.05) is 29.4 Å². The Labute approximate surface area is 200 Å². The van der Waals surface area contributed by atoms with Crippen molar-refractivity contribution >= 4 is 22.8 Å². The third-order valence-corrected chi connectivity index (χ3v) is 5.75. The molecule has 1 amide bonds. The lowest BCUT2D eigenvalue weighted by Crippen LogP contribution is -2.34. The van der Waals surface area contributed by atoms with Gasteiger partial charge in [0.05, 0.1) is 29.8 Å². The molecule has 0 radical (unpaired) electrons. The zero-order valence-corrected chi connectivity index (χ0v) is 19.3. The van der Waals surface area contributed by atoms with Crippen LogP contribution in [0.2, 0.25) is 0 Å². The molecule has 0 aliphatic carbocycles. The third-order valence-electron chi connectivity index (χ3n) is 5.75. The molecule has 35 heavy (non-hydrogen) atoms. The van der Waals surface area contributed by atoms with Crippen LogP contribution in [-0.4, -0.2) is 59.6 Å². The first-order valence-corrected chi connectivity index (χ1v) is 11.2. The van der Waals surface area contributed by atoms with Crippen LogP contribution >= 0.6 is 0 Å². The number of fused-ring (bicyclic) bond motifs is 1. The number of halogens is 1. The van der Waals surface area contributed by atoms with Gasteiger partial charge in [0.15, 0.2) is 0 Å². The van der Waals surface area contributed by atoms with E-state index < -0.39 is 11.7 Å². The van der Waals surface area contributed by atoms with Gasteiger partial charge in [-0.1, -0.05) is 6.08 Å². The predicted octanol–water partition coefficient (Wildman–Crippen LogP) is 4.43. The fourth-order valence-electron chi connectivity index (χ4n) is 4.21. The molecule has 0 bridgehead atoms. The minimum atomic E-state index is -1.00. The Morgan fingerprint density at radius 2 is 1.97 bits per heavy atom. The van der Waals surface area contributed by atoms with Crippen molar-refractivity contribution < 1.29 is 23.8 Å². The summed E-state index contributed by atoms with van der Waals surface area (Å²) in [4.78, 5) is 21.5. The van der Waals surface area contributed by atoms with Crippen molar-refractivity contribution in [3.63, 3.8) is 0 Å². The molecule has 4 aromatic rings. The van der Waals surface area contributed by atoms with Crippen molar-refractivity contribution in [1.29, 1.82) is 0 Å². The minimum Gasteiger partial charge on any atom is -0.465 e. The van der Waals surface area contributed by atoms with Crippen LogP contribution in [0.5, 0.6) is 0 Å². The van der Waals surface area contributed by atoms with Crippen molar-refractivity contribution in [2.45, 2.75) is 32.4 Å². The van der Waals surface area contributed by atoms with E-state index in [1.165, 1.54) is 23.4 Å². The van der Waals surface area contributed by atoms with Gasteiger partial charge in [-0.25, -0.2) is 19.2 Å². The first-order chi connectivity index (χ1) is 16.7. The number of carbonyl (C=O) groups is 1. The quantitative estimate of drug-likeness (QED) is 0.437. The van der Waals surface area contributed by atoms with Crippen LogP contribution in [0.4, 0.5) is 9.18 Å². The van der Waals surface area contributed by atoms with Crippen molar-refractivity contribution in [2.75, 3.05) is 13.1 Å². The predicted molar refractivity (Wildman–Crippen MR) is 127 cm³/mol. The monoisotopic (exact) mass is 477 g/mol. The molecule has 4 heterocycles. The van der Waals surface area contributed by atoms with Crippen molar-refractivity contribution in [1.82, 2.24) is 24.6 Å². The van der Waals surface area contributed by atoms with E-state index in [1.54, 1.807) is 36.9 Å². The molecular formula is C25H24FN5O4. The van der Waals surface area contributed by atoms with Crippen molar-refractivity contribution in [3.8, 4) is 22.5 Å². The second-order valence-electron chi connectivity index (χ2n) is 9.18. The molecule has 0 unspecified atom stereocenters. The molecule has 2 N–H and O–H groups in total. The largest absolute Gasteiger partial charge is 0.465 e. The highest BCUT2D eigenvalue weighted by Gasteiger charge is 2.24. The number of hydrogen-bond donors (Lipinski definition) is 2. The van der Waals surface area contributed by atoms with Crippen LogP contribution in [0.3, 0.4) is 0 Å². The maximum Gasteiger partial charge on any atom is 0.407 e. The Morgan fingerprint density at radius 1 is 1.20 bits per heavy atom. The average Bonchev–Trinajstić information content (AvgIpc) is 3.43. The van der Waals surface area contributed by atoms with Crippen LogP contribution in [-0.2, 0) is 6.54 Å². The molecule has 3 aromatic heterocycles. The van der Waals surface area contributed by atoms with Crippen LogP contribution in [0.15, 0.2) is 53.3 Å². The summed E-state index contributed by atoms with van der Waals surface area (Å²) in [6, 6.07) is 7.82. The van der Waals surface area contributed by atoms with Gasteiger partial charge >= 0.3 is 6.09 Å². The third kappa shape index (κ3) is 4.65. The minimum absolute atomic E-state index is 0.224. The number of aromatic nitrogens is 4. The molecule has 10 heteroatoms. The molecule has 1 aliphatic rings. The van der Waals surface area contributed by atoms with E-state index in [0.717, 1.165) is 5.57 Å². The van der Waals surface area contributed by atoms with Crippen molar-refractivity contribution in [2.24, 2.45) is 0 Å². The van der Waals surface area contributed by atoms with E-state index >= 15 is 0 Å². The highest BCUT2D eigenvalue weighted by molar-refractivity contribution is 5.95. The van der Waals surface area contributed by atoms with Crippen LogP contribution in [0.1, 0.15) is 26.0 Å². The van der Waals surface area contributed by atoms with Gasteiger partial charge in [0.1, 0.15) is 23.6 Å². The molecule has 180 valence electrons. The van der Waals surface area contributed by atoms with Gasteiger partial charge in [-0.2, -0.15) is 5.10 Å². The SMILES string of the molecule is CC(C)(O)Cn1cc(-c2ncnc3oc(C4=CCCN(C(=O)O)C4)cc23)c(-c2ccc(F)cc2)n1. The molecule has 0 spiro atoms. The van der Waals surface area contributed by atoms with E-state index in [1.807, 2.05) is 12.1 Å². The molecule has 5 rings (SSSR count). The first-order valence-electron chi connectivity index (χ1n) is 11.2. The summed E-state index contributed by atoms with van der Waals surface area (Å²) in [6.45, 7) is 4.28. The van der Waals surface area contributed by atoms with Gasteiger partial charge in [0.2, 0.25) is 5.71 Å². The van der Waals surface area contributed by atoms with E-state index in [9.17, 15) is 19.4 Å². The zero-order valence-electron chi connectivity index (χ0n) is 19.3. The smallest absolute Gasteiger partial charge is 0.407 e. The first kappa shape index (κ1) is 22.7. The van der Waals surface area contributed by atoms with E-state index in [0.29, 0.717) is 52.3 Å². The summed E-state index contributed by atoms with van der Waals surface area (Å²) in [5.74, 6) is 0.172. The van der Waals surface area contributed by atoms with Gasteiger partial charge in [0.25, 0.3) is 0 Å². The molecule has 1 aliphatic heterocycles. The van der Waals surface area contributed by atoms with Crippen LogP contribution in [0.25, 0.3) is 39.2 Å². The number of benzene rings is 1. The summed E-state index contributed by atoms with van der Waals surface area (Å²) in [5, 5.41) is 25.0. The maximum atomic E-state index is 13.6. The maximum absolute atomic E-state index is 13.6. The Morgan fingerprint density at radius 3 is 2.69 bits per heavy atom. The topological polar surface area (TPSA) is 118 Å². The Balaban J connectivity index is 1.62. The van der Waals surface area contributed by atoms with Gasteiger partial charge in [-0.05, 0) is 50.6 Å². The molecule has 0 atom stereocenters. The second kappa shape index (κ2) is 8.62. The van der Waals surface area contributed by atoms with E-state index in [-0.39, 0.29) is 18.9 Å². The number of hydrogen-bond acceptors (Lipinski definition) is 6. The highest BCUT2D eigenvalue weighted by Crippen LogP contribution is 2.36. The summed E-state index contributed by atoms with van der Waals surface area (Å²) in [6.07, 6.45) is 4.77. The standard InChI is InChI=1S/C25H24FN5O4/c1-25(2,34)13-31-12-19(21(29-31)15-5-7-17(26)8-6-15)22-18-10-20(35-23(18)28-14-27-22)16-4-3-9-30(11-16)24(32)33/h4-8,10,12,14,34H,3,9,11,13H2,1-2H3,(H,32,33). The molecule has 0 saturated carbocycles. The molecule has 1 aromatic carbocycles. The fraction of sp³-hybridized carbons (Fsp3) is 0.280. The van der Waals surface area contributed by atoms with Gasteiger partial charge in [-0.15, -0.1) is 0 Å². The molecule has 0 saturated heterocycles. The van der Waals surface area contributed by atoms with E-state index in [4.69, 9.17) is 4.42 Å². The van der Waals surface area contributed by atoms with Crippen molar-refractivity contribution in [3.05, 3.63) is 60.5 Å². The Kier molecular flexibility index (Phi) is 5.60. The average molecular weight is 477 g/mol. The zero-order chi connectivity index (χ0) is 24.7. The van der Waals surface area contributed by atoms with Gasteiger partial charge in [-0.3, -0.25) is 4.68 Å². The van der Waals surface area contributed by atoms with Crippen LogP contribution < -0.4 is 0 Å². The fourth-order valence-corrected chi connectivity index (χ4v) is 4.21.